The van der Waals surface area contributed by atoms with E-state index in [1.54, 1.807) is 0 Å². The fourth-order valence-corrected chi connectivity index (χ4v) is 5.20. The molecule has 0 amide bonds. The van der Waals surface area contributed by atoms with Gasteiger partial charge < -0.3 is 16.8 Å². The van der Waals surface area contributed by atoms with E-state index in [0.29, 0.717) is 12.1 Å². The highest BCUT2D eigenvalue weighted by Gasteiger charge is 2.34. The lowest BCUT2D eigenvalue weighted by molar-refractivity contribution is 0.0725. The third-order valence-electron chi connectivity index (χ3n) is 6.43. The quantitative estimate of drug-likeness (QED) is 0.560. The Hall–Kier alpha value is -0.780. The highest BCUT2D eigenvalue weighted by atomic mass is 15.3. The van der Waals surface area contributed by atoms with Crippen LogP contribution in [0, 0.1) is 5.92 Å². The van der Waals surface area contributed by atoms with Crippen LogP contribution in [0.2, 0.25) is 0 Å². The minimum absolute atomic E-state index is 0.0770. The van der Waals surface area contributed by atoms with E-state index >= 15 is 0 Å². The van der Waals surface area contributed by atoms with Gasteiger partial charge in [-0.05, 0) is 51.9 Å². The Bertz CT molecular complexity index is 423. The lowest BCUT2D eigenvalue weighted by Gasteiger charge is -2.41. The van der Waals surface area contributed by atoms with Gasteiger partial charge in [-0.3, -0.25) is 10.2 Å². The third kappa shape index (κ3) is 4.06. The van der Waals surface area contributed by atoms with Crippen molar-refractivity contribution >= 4 is 0 Å². The van der Waals surface area contributed by atoms with Crippen molar-refractivity contribution in [2.24, 2.45) is 17.4 Å². The molecule has 5 heteroatoms. The number of nitrogens with zero attached hydrogens (tertiary/aromatic N) is 1. The predicted molar refractivity (Wildman–Crippen MR) is 99.9 cm³/mol. The van der Waals surface area contributed by atoms with Gasteiger partial charge in [0, 0.05) is 24.0 Å². The predicted octanol–water partition coefficient (Wildman–Crippen LogP) is 2.19. The molecule has 0 radical (unpaired) electrons. The summed E-state index contributed by atoms with van der Waals surface area (Å²) in [5.41, 5.74) is 13.6. The standard InChI is InChI=1S/C19H37N5/c1-13(20)24(16-9-5-6-10-16)14(2)23-19-11-18(22-12-17(19)21)15-7-3-4-8-15/h12-16,18-19,22-23H,3-11,20-21H2,1-2H3. The average Bonchev–Trinajstić information content (AvgIpc) is 3.22. The van der Waals surface area contributed by atoms with E-state index < -0.39 is 0 Å². The van der Waals surface area contributed by atoms with Crippen molar-refractivity contribution in [2.45, 2.75) is 102 Å². The maximum absolute atomic E-state index is 6.31. The molecule has 2 saturated carbocycles. The molecular formula is C19H37N5. The summed E-state index contributed by atoms with van der Waals surface area (Å²) in [4.78, 5) is 2.47. The molecule has 24 heavy (non-hydrogen) atoms. The molecule has 1 aliphatic heterocycles. The molecule has 4 unspecified atom stereocenters. The highest BCUT2D eigenvalue weighted by Crippen LogP contribution is 2.32. The number of nitrogens with two attached hydrogens (primary N) is 2. The fraction of sp³-hybridized carbons (Fsp3) is 0.895. The van der Waals surface area contributed by atoms with Crippen LogP contribution in [0.25, 0.3) is 0 Å². The molecular weight excluding hydrogens is 298 g/mol. The maximum Gasteiger partial charge on any atom is 0.0589 e. The van der Waals surface area contributed by atoms with Gasteiger partial charge in [-0.25, -0.2) is 0 Å². The molecule has 1 heterocycles. The van der Waals surface area contributed by atoms with Crippen molar-refractivity contribution in [3.63, 3.8) is 0 Å². The monoisotopic (exact) mass is 335 g/mol. The van der Waals surface area contributed by atoms with Gasteiger partial charge in [-0.15, -0.1) is 0 Å². The zero-order chi connectivity index (χ0) is 17.1. The molecule has 2 fully saturated rings. The summed E-state index contributed by atoms with van der Waals surface area (Å²) in [5.74, 6) is 0.813. The van der Waals surface area contributed by atoms with Gasteiger partial charge in [0.05, 0.1) is 18.4 Å². The number of rotatable bonds is 6. The van der Waals surface area contributed by atoms with Crippen LogP contribution in [0.3, 0.4) is 0 Å². The Balaban J connectivity index is 1.61. The van der Waals surface area contributed by atoms with Gasteiger partial charge >= 0.3 is 0 Å². The molecule has 0 aromatic rings. The van der Waals surface area contributed by atoms with E-state index in [-0.39, 0.29) is 18.4 Å². The van der Waals surface area contributed by atoms with Crippen molar-refractivity contribution in [1.29, 1.82) is 0 Å². The van der Waals surface area contributed by atoms with Gasteiger partial charge in [0.2, 0.25) is 0 Å². The first kappa shape index (κ1) is 18.0. The Morgan fingerprint density at radius 1 is 1.12 bits per heavy atom. The van der Waals surface area contributed by atoms with Crippen LogP contribution in [0.4, 0.5) is 0 Å². The first-order valence-electron chi connectivity index (χ1n) is 10.1. The van der Waals surface area contributed by atoms with Crippen LogP contribution < -0.4 is 22.1 Å². The van der Waals surface area contributed by atoms with Gasteiger partial charge in [0.25, 0.3) is 0 Å². The summed E-state index contributed by atoms with van der Waals surface area (Å²) < 4.78 is 0. The van der Waals surface area contributed by atoms with E-state index in [1.807, 2.05) is 6.20 Å². The molecule has 3 rings (SSSR count). The summed E-state index contributed by atoms with van der Waals surface area (Å²) in [7, 11) is 0. The van der Waals surface area contributed by atoms with E-state index in [2.05, 4.69) is 29.4 Å². The van der Waals surface area contributed by atoms with Crippen LogP contribution in [0.15, 0.2) is 11.9 Å². The minimum atomic E-state index is 0.0770. The third-order valence-corrected chi connectivity index (χ3v) is 6.43. The van der Waals surface area contributed by atoms with Gasteiger partial charge in [0.1, 0.15) is 0 Å². The lowest BCUT2D eigenvalue weighted by Crippen LogP contribution is -2.59. The topological polar surface area (TPSA) is 79.3 Å². The fourth-order valence-electron chi connectivity index (χ4n) is 5.20. The molecule has 2 aliphatic carbocycles. The Kier molecular flexibility index (Phi) is 6.06. The van der Waals surface area contributed by atoms with Crippen LogP contribution >= 0.6 is 0 Å². The molecule has 3 aliphatic rings. The second-order valence-electron chi connectivity index (χ2n) is 8.22. The van der Waals surface area contributed by atoms with Crippen molar-refractivity contribution in [1.82, 2.24) is 15.5 Å². The van der Waals surface area contributed by atoms with Crippen molar-refractivity contribution in [2.75, 3.05) is 0 Å². The second kappa shape index (κ2) is 8.07. The van der Waals surface area contributed by atoms with Crippen LogP contribution in [0.1, 0.15) is 71.6 Å². The second-order valence-corrected chi connectivity index (χ2v) is 8.22. The summed E-state index contributed by atoms with van der Waals surface area (Å²) in [6.45, 7) is 4.36. The molecule has 0 saturated heterocycles. The SMILES string of the molecule is CC(N)N(C1CCCC1)C(C)NC1CC(C2CCCC2)NC=C1N. The van der Waals surface area contributed by atoms with Crippen LogP contribution in [-0.4, -0.2) is 35.4 Å². The number of hydrogen-bond acceptors (Lipinski definition) is 5. The van der Waals surface area contributed by atoms with E-state index in [9.17, 15) is 0 Å². The first-order chi connectivity index (χ1) is 11.6. The van der Waals surface area contributed by atoms with Crippen molar-refractivity contribution in [3.05, 3.63) is 11.9 Å². The normalized spacial score (nSPS) is 31.9. The highest BCUT2D eigenvalue weighted by molar-refractivity contribution is 5.12. The summed E-state index contributed by atoms with van der Waals surface area (Å²) in [6.07, 6.45) is 14.2. The summed E-state index contributed by atoms with van der Waals surface area (Å²) >= 11 is 0. The zero-order valence-corrected chi connectivity index (χ0v) is 15.5. The Labute approximate surface area is 147 Å². The van der Waals surface area contributed by atoms with Crippen molar-refractivity contribution < 1.29 is 0 Å². The first-order valence-corrected chi connectivity index (χ1v) is 10.1. The molecule has 0 bridgehead atoms. The van der Waals surface area contributed by atoms with E-state index in [0.717, 1.165) is 18.0 Å². The smallest absolute Gasteiger partial charge is 0.0589 e. The molecule has 4 atom stereocenters. The molecule has 0 aromatic carbocycles. The maximum atomic E-state index is 6.31. The molecule has 5 nitrogen and oxygen atoms in total. The van der Waals surface area contributed by atoms with Gasteiger partial charge in [-0.2, -0.15) is 0 Å². The largest absolute Gasteiger partial charge is 0.400 e. The number of hydrogen-bond donors (Lipinski definition) is 4. The molecule has 6 N–H and O–H groups in total. The molecule has 0 aromatic heterocycles. The van der Waals surface area contributed by atoms with E-state index in [4.69, 9.17) is 11.5 Å². The van der Waals surface area contributed by atoms with Gasteiger partial charge in [0.15, 0.2) is 0 Å². The van der Waals surface area contributed by atoms with Crippen LogP contribution in [-0.2, 0) is 0 Å². The zero-order valence-electron chi connectivity index (χ0n) is 15.5. The van der Waals surface area contributed by atoms with E-state index in [1.165, 1.54) is 51.4 Å². The Morgan fingerprint density at radius 3 is 2.38 bits per heavy atom. The average molecular weight is 336 g/mol. The Morgan fingerprint density at radius 2 is 1.75 bits per heavy atom. The van der Waals surface area contributed by atoms with Gasteiger partial charge in [-0.1, -0.05) is 25.7 Å². The lowest BCUT2D eigenvalue weighted by atomic mass is 9.89. The van der Waals surface area contributed by atoms with Crippen LogP contribution in [0.5, 0.6) is 0 Å². The summed E-state index contributed by atoms with van der Waals surface area (Å²) in [6, 6.07) is 1.44. The molecule has 138 valence electrons. The minimum Gasteiger partial charge on any atom is -0.400 e. The summed E-state index contributed by atoms with van der Waals surface area (Å²) in [5, 5.41) is 7.35. The number of nitrogens with one attached hydrogen (secondary N) is 2. The van der Waals surface area contributed by atoms with Crippen molar-refractivity contribution in [3.8, 4) is 0 Å². The molecule has 0 spiro atoms.